The number of hydrogen-bond acceptors (Lipinski definition) is 4. The van der Waals surface area contributed by atoms with Crippen LogP contribution in [0.5, 0.6) is 0 Å². The van der Waals surface area contributed by atoms with Gasteiger partial charge in [-0.05, 0) is 6.92 Å². The summed E-state index contributed by atoms with van der Waals surface area (Å²) in [5, 5.41) is 3.21. The Morgan fingerprint density at radius 3 is 2.44 bits per heavy atom. The van der Waals surface area contributed by atoms with Crippen molar-refractivity contribution >= 4 is 11.3 Å². The highest BCUT2D eigenvalue weighted by Gasteiger charge is 2.23. The Balaban J connectivity index is 2.73. The Hall–Kier alpha value is -0.450. The van der Waals surface area contributed by atoms with E-state index in [1.165, 1.54) is 0 Å². The Morgan fingerprint density at radius 1 is 1.38 bits per heavy atom. The summed E-state index contributed by atoms with van der Waals surface area (Å²) >= 11 is 1.68. The topological polar surface area (TPSA) is 48.1 Å². The van der Waals surface area contributed by atoms with Gasteiger partial charge >= 0.3 is 0 Å². The van der Waals surface area contributed by atoms with Gasteiger partial charge in [-0.3, -0.25) is 0 Å². The molecule has 0 aliphatic rings. The summed E-state index contributed by atoms with van der Waals surface area (Å²) in [6, 6.07) is 0. The van der Waals surface area contributed by atoms with Crippen LogP contribution in [0, 0.1) is 0 Å². The van der Waals surface area contributed by atoms with Crippen molar-refractivity contribution in [2.75, 3.05) is 13.7 Å². The van der Waals surface area contributed by atoms with E-state index in [1.807, 2.05) is 6.92 Å². The number of hydrogen-bond donors (Lipinski definition) is 1. The molecule has 0 spiro atoms. The number of rotatable bonds is 4. The second-order valence-corrected chi connectivity index (χ2v) is 6.58. The maximum atomic E-state index is 6.12. The molecule has 0 aromatic carbocycles. The van der Waals surface area contributed by atoms with Crippen LogP contribution in [0.3, 0.4) is 0 Å². The van der Waals surface area contributed by atoms with Crippen LogP contribution in [0.25, 0.3) is 0 Å². The molecule has 0 bridgehead atoms. The number of methoxy groups -OCH3 is 1. The van der Waals surface area contributed by atoms with Crippen LogP contribution >= 0.6 is 11.3 Å². The molecule has 1 rings (SSSR count). The molecular weight excluding hydrogens is 220 g/mol. The van der Waals surface area contributed by atoms with E-state index in [0.717, 1.165) is 17.1 Å². The van der Waals surface area contributed by atoms with Crippen molar-refractivity contribution < 1.29 is 4.74 Å². The highest BCUT2D eigenvalue weighted by atomic mass is 32.1. The molecule has 0 saturated carbocycles. The van der Waals surface area contributed by atoms with Crippen LogP contribution in [0.2, 0.25) is 0 Å². The van der Waals surface area contributed by atoms with E-state index >= 15 is 0 Å². The van der Waals surface area contributed by atoms with Crippen LogP contribution in [-0.2, 0) is 16.6 Å². The molecule has 1 atom stereocenters. The van der Waals surface area contributed by atoms with Gasteiger partial charge in [-0.2, -0.15) is 0 Å². The molecule has 3 nitrogen and oxygen atoms in total. The monoisotopic (exact) mass is 242 g/mol. The molecule has 0 fully saturated rings. The van der Waals surface area contributed by atoms with Gasteiger partial charge in [0, 0.05) is 29.9 Å². The lowest BCUT2D eigenvalue weighted by atomic mass is 9.93. The molecule has 0 amide bonds. The van der Waals surface area contributed by atoms with E-state index < -0.39 is 0 Å². The third-order valence-electron chi connectivity index (χ3n) is 2.35. The third kappa shape index (κ3) is 3.85. The largest absolute Gasteiger partial charge is 0.383 e. The first kappa shape index (κ1) is 13.6. The fourth-order valence-electron chi connectivity index (χ4n) is 1.46. The molecule has 0 aliphatic heterocycles. The fourth-order valence-corrected chi connectivity index (χ4v) is 2.68. The summed E-state index contributed by atoms with van der Waals surface area (Å²) in [6.07, 6.45) is 0.765. The SMILES string of the molecule is COCC(C)(N)Cc1nc(C(C)(C)C)cs1. The minimum atomic E-state index is -0.332. The minimum absolute atomic E-state index is 0.112. The molecular formula is C12H22N2OS. The maximum Gasteiger partial charge on any atom is 0.0947 e. The number of nitrogens with zero attached hydrogens (tertiary/aromatic N) is 1. The molecule has 0 saturated heterocycles. The maximum absolute atomic E-state index is 6.12. The third-order valence-corrected chi connectivity index (χ3v) is 3.20. The number of nitrogens with two attached hydrogens (primary N) is 1. The second-order valence-electron chi connectivity index (χ2n) is 5.64. The summed E-state index contributed by atoms with van der Waals surface area (Å²) < 4.78 is 5.10. The first-order valence-electron chi connectivity index (χ1n) is 5.47. The number of ether oxygens (including phenoxy) is 1. The smallest absolute Gasteiger partial charge is 0.0947 e. The minimum Gasteiger partial charge on any atom is -0.383 e. The van der Waals surface area contributed by atoms with Gasteiger partial charge < -0.3 is 10.5 Å². The highest BCUT2D eigenvalue weighted by Crippen LogP contribution is 2.25. The van der Waals surface area contributed by atoms with Crippen molar-refractivity contribution in [3.63, 3.8) is 0 Å². The van der Waals surface area contributed by atoms with Crippen molar-refractivity contribution in [3.05, 3.63) is 16.1 Å². The molecule has 4 heteroatoms. The lowest BCUT2D eigenvalue weighted by molar-refractivity contribution is 0.141. The zero-order chi connectivity index (χ0) is 12.4. The van der Waals surface area contributed by atoms with Crippen molar-refractivity contribution in [1.29, 1.82) is 0 Å². The van der Waals surface area contributed by atoms with Crippen LogP contribution in [0.1, 0.15) is 38.4 Å². The van der Waals surface area contributed by atoms with Gasteiger partial charge in [-0.15, -0.1) is 11.3 Å². The van der Waals surface area contributed by atoms with E-state index in [0.29, 0.717) is 6.61 Å². The van der Waals surface area contributed by atoms with Crippen LogP contribution in [0.4, 0.5) is 0 Å². The second kappa shape index (κ2) is 4.82. The molecule has 2 N–H and O–H groups in total. The van der Waals surface area contributed by atoms with Gasteiger partial charge in [-0.25, -0.2) is 4.98 Å². The lowest BCUT2D eigenvalue weighted by Crippen LogP contribution is -2.43. The molecule has 1 aromatic heterocycles. The van der Waals surface area contributed by atoms with Crippen LogP contribution < -0.4 is 5.73 Å². The summed E-state index contributed by atoms with van der Waals surface area (Å²) in [4.78, 5) is 4.63. The highest BCUT2D eigenvalue weighted by molar-refractivity contribution is 7.09. The van der Waals surface area contributed by atoms with Crippen LogP contribution in [-0.4, -0.2) is 24.2 Å². The van der Waals surface area contributed by atoms with E-state index in [2.05, 4.69) is 31.1 Å². The van der Waals surface area contributed by atoms with E-state index in [9.17, 15) is 0 Å². The zero-order valence-electron chi connectivity index (χ0n) is 10.8. The Bertz CT molecular complexity index is 339. The average molecular weight is 242 g/mol. The van der Waals surface area contributed by atoms with Crippen LogP contribution in [0.15, 0.2) is 5.38 Å². The summed E-state index contributed by atoms with van der Waals surface area (Å²) in [7, 11) is 1.67. The van der Waals surface area contributed by atoms with Gasteiger partial charge in [0.1, 0.15) is 0 Å². The Kier molecular flexibility index (Phi) is 4.10. The number of aromatic nitrogens is 1. The Morgan fingerprint density at radius 2 is 2.00 bits per heavy atom. The summed E-state index contributed by atoms with van der Waals surface area (Å²) in [5.74, 6) is 0. The normalized spacial score (nSPS) is 16.1. The van der Waals surface area contributed by atoms with Gasteiger partial charge in [-0.1, -0.05) is 20.8 Å². The molecule has 16 heavy (non-hydrogen) atoms. The molecule has 1 aromatic rings. The van der Waals surface area contributed by atoms with Crippen molar-refractivity contribution in [2.24, 2.45) is 5.73 Å². The predicted octanol–water partition coefficient (Wildman–Crippen LogP) is 2.35. The standard InChI is InChI=1S/C12H22N2OS/c1-11(2,3)9-7-16-10(14-9)6-12(4,13)8-15-5/h7H,6,8,13H2,1-5H3. The molecule has 0 radical (unpaired) electrons. The van der Waals surface area contributed by atoms with E-state index in [4.69, 9.17) is 10.5 Å². The van der Waals surface area contributed by atoms with Crippen molar-refractivity contribution in [1.82, 2.24) is 4.98 Å². The van der Waals surface area contributed by atoms with Crippen molar-refractivity contribution in [2.45, 2.75) is 45.1 Å². The summed E-state index contributed by atoms with van der Waals surface area (Å²) in [6.45, 7) is 9.06. The fraction of sp³-hybridized carbons (Fsp3) is 0.750. The predicted molar refractivity (Wildman–Crippen MR) is 69.0 cm³/mol. The first-order chi connectivity index (χ1) is 7.24. The Labute approximate surface area is 102 Å². The van der Waals surface area contributed by atoms with Gasteiger partial charge in [0.15, 0.2) is 0 Å². The average Bonchev–Trinajstić information content (AvgIpc) is 2.50. The van der Waals surface area contributed by atoms with E-state index in [-0.39, 0.29) is 11.0 Å². The van der Waals surface area contributed by atoms with E-state index in [1.54, 1.807) is 18.4 Å². The lowest BCUT2D eigenvalue weighted by Gasteiger charge is -2.22. The number of thiazole rings is 1. The van der Waals surface area contributed by atoms with Crippen molar-refractivity contribution in [3.8, 4) is 0 Å². The summed E-state index contributed by atoms with van der Waals surface area (Å²) in [5.41, 5.74) is 7.04. The molecule has 0 aliphatic carbocycles. The van der Waals surface area contributed by atoms with Gasteiger partial charge in [0.05, 0.1) is 17.3 Å². The first-order valence-corrected chi connectivity index (χ1v) is 6.35. The van der Waals surface area contributed by atoms with Gasteiger partial charge in [0.25, 0.3) is 0 Å². The quantitative estimate of drug-likeness (QED) is 0.881. The zero-order valence-corrected chi connectivity index (χ0v) is 11.6. The molecule has 92 valence electrons. The molecule has 1 heterocycles. The molecule has 1 unspecified atom stereocenters. The van der Waals surface area contributed by atoms with Gasteiger partial charge in [0.2, 0.25) is 0 Å².